The van der Waals surface area contributed by atoms with Crippen LogP contribution < -0.4 is 18.9 Å². The Balaban J connectivity index is 1.73. The molecule has 0 unspecified atom stereocenters. The van der Waals surface area contributed by atoms with Crippen molar-refractivity contribution in [2.24, 2.45) is 0 Å². The summed E-state index contributed by atoms with van der Waals surface area (Å²) in [4.78, 5) is 11.2. The molecule has 180 valence electrons. The first-order valence-corrected chi connectivity index (χ1v) is 10.8. The van der Waals surface area contributed by atoms with E-state index in [1.807, 2.05) is 0 Å². The van der Waals surface area contributed by atoms with Crippen molar-refractivity contribution in [3.8, 4) is 23.2 Å². The summed E-state index contributed by atoms with van der Waals surface area (Å²) in [6, 6.07) is 2.34. The second-order valence-corrected chi connectivity index (χ2v) is 8.14. The fourth-order valence-electron chi connectivity index (χ4n) is 3.06. The van der Waals surface area contributed by atoms with Crippen molar-refractivity contribution in [3.63, 3.8) is 0 Å². The number of nitrogens with one attached hydrogen (secondary N) is 2. The topological polar surface area (TPSA) is 146 Å². The molecule has 12 nitrogen and oxygen atoms in total. The summed E-state index contributed by atoms with van der Waals surface area (Å²) >= 11 is 0. The van der Waals surface area contributed by atoms with E-state index in [1.54, 1.807) is 0 Å². The number of fused-ring (bicyclic) bond motifs is 1. The Bertz CT molecular complexity index is 1400. The van der Waals surface area contributed by atoms with Crippen LogP contribution in [-0.2, 0) is 10.0 Å². The molecule has 34 heavy (non-hydrogen) atoms. The third kappa shape index (κ3) is 4.26. The van der Waals surface area contributed by atoms with Gasteiger partial charge >= 0.3 is 0 Å². The number of methoxy groups -OCH3 is 2. The highest BCUT2D eigenvalue weighted by Gasteiger charge is 2.26. The van der Waals surface area contributed by atoms with Crippen LogP contribution >= 0.6 is 0 Å². The van der Waals surface area contributed by atoms with Gasteiger partial charge in [-0.15, -0.1) is 4.80 Å². The van der Waals surface area contributed by atoms with Crippen LogP contribution in [-0.4, -0.2) is 65.6 Å². The summed E-state index contributed by atoms with van der Waals surface area (Å²) in [5.74, 6) is -2.16. The minimum Gasteiger partial charge on any atom is -0.478 e. The Labute approximate surface area is 189 Å². The predicted octanol–water partition coefficient (Wildman–Crippen LogP) is 2.14. The van der Waals surface area contributed by atoms with Gasteiger partial charge in [-0.3, -0.25) is 0 Å². The van der Waals surface area contributed by atoms with Gasteiger partial charge in [0.2, 0.25) is 11.7 Å². The van der Waals surface area contributed by atoms with Crippen LogP contribution in [0.15, 0.2) is 35.6 Å². The molecule has 1 aromatic carbocycles. The van der Waals surface area contributed by atoms with Gasteiger partial charge in [0.05, 0.1) is 32.1 Å². The largest absolute Gasteiger partial charge is 0.478 e. The lowest BCUT2D eigenvalue weighted by Gasteiger charge is -2.14. The van der Waals surface area contributed by atoms with E-state index in [4.69, 9.17) is 14.2 Å². The highest BCUT2D eigenvalue weighted by atomic mass is 32.2. The van der Waals surface area contributed by atoms with Crippen molar-refractivity contribution in [3.05, 3.63) is 36.5 Å². The average molecular weight is 499 g/mol. The SMILES string of the molecule is COc1nc(NS(=O)(=O)c2c[nH]c3c(-n4nccn4)c(F)ccc23)nc(OC)c1OCC(F)F. The number of halogens is 3. The second-order valence-electron chi connectivity index (χ2n) is 6.49. The van der Waals surface area contributed by atoms with Crippen molar-refractivity contribution >= 4 is 26.9 Å². The van der Waals surface area contributed by atoms with Gasteiger partial charge < -0.3 is 19.2 Å². The van der Waals surface area contributed by atoms with Crippen molar-refractivity contribution in [1.82, 2.24) is 29.9 Å². The second kappa shape index (κ2) is 9.05. The molecule has 0 radical (unpaired) electrons. The number of nitrogens with zero attached hydrogens (tertiary/aromatic N) is 5. The Hall–Kier alpha value is -4.08. The van der Waals surface area contributed by atoms with Crippen LogP contribution in [0.3, 0.4) is 0 Å². The summed E-state index contributed by atoms with van der Waals surface area (Å²) in [5.41, 5.74) is 0.0486. The third-order valence-corrected chi connectivity index (χ3v) is 5.79. The molecule has 0 bridgehead atoms. The number of hydrogen-bond acceptors (Lipinski definition) is 9. The molecular weight excluding hydrogens is 483 g/mol. The number of rotatable bonds is 9. The number of sulfonamides is 1. The van der Waals surface area contributed by atoms with E-state index in [1.165, 1.54) is 32.7 Å². The van der Waals surface area contributed by atoms with E-state index < -0.39 is 34.8 Å². The monoisotopic (exact) mass is 499 g/mol. The molecule has 2 N–H and O–H groups in total. The quantitative estimate of drug-likeness (QED) is 0.354. The lowest BCUT2D eigenvalue weighted by atomic mass is 10.2. The van der Waals surface area contributed by atoms with Gasteiger partial charge in [-0.2, -0.15) is 20.2 Å². The van der Waals surface area contributed by atoms with Gasteiger partial charge in [-0.1, -0.05) is 0 Å². The number of H-pyrrole nitrogens is 1. The molecule has 0 saturated carbocycles. The first kappa shape index (κ1) is 23.1. The predicted molar refractivity (Wildman–Crippen MR) is 111 cm³/mol. The van der Waals surface area contributed by atoms with E-state index in [0.29, 0.717) is 0 Å². The Morgan fingerprint density at radius 1 is 1.12 bits per heavy atom. The van der Waals surface area contributed by atoms with Crippen molar-refractivity contribution in [2.75, 3.05) is 25.5 Å². The zero-order chi connectivity index (χ0) is 24.5. The van der Waals surface area contributed by atoms with Gasteiger partial charge in [-0.25, -0.2) is 26.3 Å². The number of anilines is 1. The average Bonchev–Trinajstić information content (AvgIpc) is 3.47. The number of benzene rings is 1. The first-order valence-electron chi connectivity index (χ1n) is 9.35. The summed E-state index contributed by atoms with van der Waals surface area (Å²) in [5, 5.41) is 7.90. The van der Waals surface area contributed by atoms with E-state index in [0.717, 1.165) is 17.1 Å². The fraction of sp³-hybridized carbons (Fsp3) is 0.222. The maximum atomic E-state index is 14.5. The van der Waals surface area contributed by atoms with E-state index in [2.05, 4.69) is 29.9 Å². The maximum Gasteiger partial charge on any atom is 0.272 e. The molecule has 4 aromatic rings. The molecule has 4 rings (SSSR count). The maximum absolute atomic E-state index is 14.5. The van der Waals surface area contributed by atoms with Crippen LogP contribution in [0.5, 0.6) is 17.5 Å². The Morgan fingerprint density at radius 3 is 2.35 bits per heavy atom. The minimum atomic E-state index is -4.33. The summed E-state index contributed by atoms with van der Waals surface area (Å²) in [6.45, 7) is -0.986. The first-order chi connectivity index (χ1) is 16.2. The summed E-state index contributed by atoms with van der Waals surface area (Å²) < 4.78 is 82.9. The smallest absolute Gasteiger partial charge is 0.272 e. The number of hydrogen-bond donors (Lipinski definition) is 2. The van der Waals surface area contributed by atoms with Gasteiger partial charge in [0.15, 0.2) is 5.82 Å². The molecule has 0 amide bonds. The molecule has 3 aromatic heterocycles. The van der Waals surface area contributed by atoms with Crippen LogP contribution in [0, 0.1) is 5.82 Å². The van der Waals surface area contributed by atoms with Crippen LogP contribution in [0.1, 0.15) is 0 Å². The van der Waals surface area contributed by atoms with Gasteiger partial charge in [-0.05, 0) is 12.1 Å². The molecular formula is C18H16F3N7O5S. The fourth-order valence-corrected chi connectivity index (χ4v) is 4.17. The minimum absolute atomic E-state index is 0.0796. The van der Waals surface area contributed by atoms with E-state index in [9.17, 15) is 21.6 Å². The molecule has 0 atom stereocenters. The Kier molecular flexibility index (Phi) is 6.14. The zero-order valence-corrected chi connectivity index (χ0v) is 18.3. The Morgan fingerprint density at radius 2 is 1.76 bits per heavy atom. The lowest BCUT2D eigenvalue weighted by molar-refractivity contribution is 0.0781. The van der Waals surface area contributed by atoms with E-state index >= 15 is 0 Å². The summed E-state index contributed by atoms with van der Waals surface area (Å²) in [7, 11) is -1.98. The third-order valence-electron chi connectivity index (χ3n) is 4.42. The zero-order valence-electron chi connectivity index (χ0n) is 17.5. The number of aromatic amines is 1. The van der Waals surface area contributed by atoms with E-state index in [-0.39, 0.29) is 39.0 Å². The molecule has 0 aliphatic rings. The van der Waals surface area contributed by atoms with Crippen molar-refractivity contribution in [1.29, 1.82) is 0 Å². The number of aromatic nitrogens is 6. The lowest BCUT2D eigenvalue weighted by Crippen LogP contribution is -2.16. The molecule has 0 aliphatic heterocycles. The highest BCUT2D eigenvalue weighted by Crippen LogP contribution is 2.36. The standard InChI is InChI=1S/C18H16F3N7O5S/c1-31-16-15(33-8-12(20)21)17(32-2)26-18(25-16)27-34(29,30)11-7-22-13-9(11)3-4-10(19)14(13)28-23-5-6-24-28/h3-7,12,22H,8H2,1-2H3,(H,25,26,27). The molecule has 0 saturated heterocycles. The molecule has 0 fully saturated rings. The van der Waals surface area contributed by atoms with Crippen molar-refractivity contribution < 1.29 is 35.8 Å². The number of alkyl halides is 2. The van der Waals surface area contributed by atoms with Crippen LogP contribution in [0.4, 0.5) is 19.1 Å². The normalized spacial score (nSPS) is 11.7. The molecule has 16 heteroatoms. The van der Waals surface area contributed by atoms with Crippen LogP contribution in [0.2, 0.25) is 0 Å². The number of ether oxygens (including phenoxy) is 3. The molecule has 0 spiro atoms. The highest BCUT2D eigenvalue weighted by molar-refractivity contribution is 7.93. The van der Waals surface area contributed by atoms with Gasteiger partial charge in [0.25, 0.3) is 28.2 Å². The van der Waals surface area contributed by atoms with Crippen LogP contribution in [0.25, 0.3) is 16.6 Å². The molecule has 0 aliphatic carbocycles. The van der Waals surface area contributed by atoms with Gasteiger partial charge in [0.1, 0.15) is 17.2 Å². The van der Waals surface area contributed by atoms with Gasteiger partial charge in [0, 0.05) is 11.6 Å². The summed E-state index contributed by atoms with van der Waals surface area (Å²) in [6.07, 6.45) is 1.04. The molecule has 3 heterocycles. The van der Waals surface area contributed by atoms with Crippen molar-refractivity contribution in [2.45, 2.75) is 11.3 Å².